The molecule has 0 fully saturated rings. The van der Waals surface area contributed by atoms with Gasteiger partial charge in [-0.15, -0.1) is 0 Å². The quantitative estimate of drug-likeness (QED) is 0.830. The second-order valence-electron chi connectivity index (χ2n) is 5.46. The molecule has 2 nitrogen and oxygen atoms in total. The van der Waals surface area contributed by atoms with E-state index in [-0.39, 0.29) is 0 Å². The van der Waals surface area contributed by atoms with Crippen LogP contribution < -0.4 is 10.6 Å². The van der Waals surface area contributed by atoms with E-state index in [9.17, 15) is 0 Å². The van der Waals surface area contributed by atoms with Crippen molar-refractivity contribution in [1.29, 1.82) is 0 Å². The highest BCUT2D eigenvalue weighted by Gasteiger charge is 2.15. The van der Waals surface area contributed by atoms with Crippen molar-refractivity contribution in [2.45, 2.75) is 13.8 Å². The molecule has 0 bridgehead atoms. The van der Waals surface area contributed by atoms with Gasteiger partial charge in [0.15, 0.2) is 0 Å². The summed E-state index contributed by atoms with van der Waals surface area (Å²) in [5, 5.41) is 6.94. The first-order valence-corrected chi connectivity index (χ1v) is 6.74. The summed E-state index contributed by atoms with van der Waals surface area (Å²) in [6.45, 7) is 6.59. The summed E-state index contributed by atoms with van der Waals surface area (Å²) in [5.41, 5.74) is 5.13. The van der Waals surface area contributed by atoms with Crippen LogP contribution in [0, 0.1) is 11.8 Å². The summed E-state index contributed by atoms with van der Waals surface area (Å²) in [6.07, 6.45) is 4.64. The predicted molar refractivity (Wildman–Crippen MR) is 76.7 cm³/mol. The lowest BCUT2D eigenvalue weighted by molar-refractivity contribution is 0.726. The highest BCUT2D eigenvalue weighted by molar-refractivity contribution is 5.72. The van der Waals surface area contributed by atoms with Crippen LogP contribution in [0.25, 0.3) is 11.4 Å². The second kappa shape index (κ2) is 4.52. The van der Waals surface area contributed by atoms with Gasteiger partial charge in [0.1, 0.15) is 0 Å². The van der Waals surface area contributed by atoms with E-state index < -0.39 is 0 Å². The Morgan fingerprint density at radius 3 is 1.78 bits per heavy atom. The maximum atomic E-state index is 3.47. The van der Waals surface area contributed by atoms with Crippen LogP contribution in [0.15, 0.2) is 36.4 Å². The van der Waals surface area contributed by atoms with Crippen molar-refractivity contribution < 1.29 is 0 Å². The molecule has 18 heavy (non-hydrogen) atoms. The maximum Gasteiger partial charge on any atom is 0.0377 e. The Hall–Kier alpha value is -1.70. The number of hydrogen-bond acceptors (Lipinski definition) is 2. The zero-order valence-corrected chi connectivity index (χ0v) is 11.0. The van der Waals surface area contributed by atoms with Crippen LogP contribution in [-0.4, -0.2) is 13.1 Å². The predicted octanol–water partition coefficient (Wildman–Crippen LogP) is 2.85. The fourth-order valence-corrected chi connectivity index (χ4v) is 2.60. The molecular weight excluding hydrogens is 220 g/mol. The van der Waals surface area contributed by atoms with Crippen molar-refractivity contribution in [1.82, 2.24) is 10.6 Å². The second-order valence-corrected chi connectivity index (χ2v) is 5.46. The van der Waals surface area contributed by atoms with Gasteiger partial charge < -0.3 is 10.6 Å². The van der Waals surface area contributed by atoms with Gasteiger partial charge in [0.2, 0.25) is 0 Å². The summed E-state index contributed by atoms with van der Waals surface area (Å²) in [5.74, 6) is 1.26. The van der Waals surface area contributed by atoms with E-state index in [2.05, 4.69) is 60.9 Å². The van der Waals surface area contributed by atoms with E-state index in [1.807, 2.05) is 0 Å². The summed E-state index contributed by atoms with van der Waals surface area (Å²) in [6, 6.07) is 8.77. The Morgan fingerprint density at radius 2 is 1.39 bits per heavy atom. The van der Waals surface area contributed by atoms with Gasteiger partial charge in [0.25, 0.3) is 0 Å². The Morgan fingerprint density at radius 1 is 0.889 bits per heavy atom. The molecule has 2 atom stereocenters. The number of nitrogens with one attached hydrogen (secondary N) is 2. The standard InChI is InChI=1S/C16H20N2/c1-11-6-15(17-9-11)13-4-3-5-14(8-13)16-7-12(2)10-18-16/h3-8,11-12,17-18H,9-10H2,1-2H3. The van der Waals surface area contributed by atoms with Gasteiger partial charge in [0, 0.05) is 24.5 Å². The molecule has 0 saturated heterocycles. The first kappa shape index (κ1) is 11.4. The molecule has 2 unspecified atom stereocenters. The Kier molecular flexibility index (Phi) is 2.86. The van der Waals surface area contributed by atoms with Crippen molar-refractivity contribution in [2.75, 3.05) is 13.1 Å². The monoisotopic (exact) mass is 240 g/mol. The number of rotatable bonds is 2. The summed E-state index contributed by atoms with van der Waals surface area (Å²) in [7, 11) is 0. The molecule has 0 radical (unpaired) electrons. The van der Waals surface area contributed by atoms with Gasteiger partial charge in [-0.25, -0.2) is 0 Å². The largest absolute Gasteiger partial charge is 0.384 e. The van der Waals surface area contributed by atoms with E-state index in [1.54, 1.807) is 0 Å². The average Bonchev–Trinajstić information content (AvgIpc) is 2.98. The number of benzene rings is 1. The summed E-state index contributed by atoms with van der Waals surface area (Å²) >= 11 is 0. The van der Waals surface area contributed by atoms with Gasteiger partial charge in [-0.3, -0.25) is 0 Å². The van der Waals surface area contributed by atoms with Gasteiger partial charge in [-0.1, -0.05) is 44.2 Å². The number of hydrogen-bond donors (Lipinski definition) is 2. The topological polar surface area (TPSA) is 24.1 Å². The SMILES string of the molecule is CC1C=C(c2cccc(C3=CC(C)CN3)c2)NC1. The lowest BCUT2D eigenvalue weighted by atomic mass is 10.0. The minimum absolute atomic E-state index is 0.632. The van der Waals surface area contributed by atoms with Crippen LogP contribution in [0.3, 0.4) is 0 Å². The van der Waals surface area contributed by atoms with Crippen molar-refractivity contribution in [3.8, 4) is 0 Å². The van der Waals surface area contributed by atoms with Crippen molar-refractivity contribution in [3.05, 3.63) is 47.5 Å². The third-order valence-corrected chi connectivity index (χ3v) is 3.62. The molecule has 0 spiro atoms. The third kappa shape index (κ3) is 2.15. The van der Waals surface area contributed by atoms with E-state index >= 15 is 0 Å². The van der Waals surface area contributed by atoms with Gasteiger partial charge in [-0.05, 0) is 29.0 Å². The minimum atomic E-state index is 0.632. The molecule has 2 heteroatoms. The fourth-order valence-electron chi connectivity index (χ4n) is 2.60. The highest BCUT2D eigenvalue weighted by atomic mass is 14.9. The molecule has 0 aliphatic carbocycles. The molecule has 0 saturated carbocycles. The Bertz CT molecular complexity index is 470. The molecule has 94 valence electrons. The summed E-state index contributed by atoms with van der Waals surface area (Å²) in [4.78, 5) is 0. The molecule has 2 N–H and O–H groups in total. The van der Waals surface area contributed by atoms with Gasteiger partial charge in [0.05, 0.1) is 0 Å². The van der Waals surface area contributed by atoms with Crippen molar-refractivity contribution in [2.24, 2.45) is 11.8 Å². The molecule has 2 aliphatic rings. The lowest BCUT2D eigenvalue weighted by Gasteiger charge is -2.08. The zero-order chi connectivity index (χ0) is 12.5. The van der Waals surface area contributed by atoms with Crippen LogP contribution in [0.1, 0.15) is 25.0 Å². The molecule has 0 aromatic heterocycles. The molecule has 2 aliphatic heterocycles. The maximum absolute atomic E-state index is 3.47. The molecule has 0 amide bonds. The van der Waals surface area contributed by atoms with Crippen molar-refractivity contribution >= 4 is 11.4 Å². The summed E-state index contributed by atoms with van der Waals surface area (Å²) < 4.78 is 0. The fraction of sp³-hybridized carbons (Fsp3) is 0.375. The lowest BCUT2D eigenvalue weighted by Crippen LogP contribution is -2.11. The van der Waals surface area contributed by atoms with E-state index in [1.165, 1.54) is 22.5 Å². The Labute approximate surface area is 109 Å². The smallest absolute Gasteiger partial charge is 0.0377 e. The van der Waals surface area contributed by atoms with E-state index in [0.29, 0.717) is 11.8 Å². The highest BCUT2D eigenvalue weighted by Crippen LogP contribution is 2.24. The van der Waals surface area contributed by atoms with Gasteiger partial charge >= 0.3 is 0 Å². The first-order chi connectivity index (χ1) is 8.72. The van der Waals surface area contributed by atoms with Crippen LogP contribution in [0.5, 0.6) is 0 Å². The average molecular weight is 240 g/mol. The van der Waals surface area contributed by atoms with Crippen LogP contribution >= 0.6 is 0 Å². The first-order valence-electron chi connectivity index (χ1n) is 6.74. The van der Waals surface area contributed by atoms with Crippen LogP contribution in [0.4, 0.5) is 0 Å². The third-order valence-electron chi connectivity index (χ3n) is 3.62. The normalized spacial score (nSPS) is 26.3. The Balaban J connectivity index is 1.90. The van der Waals surface area contributed by atoms with E-state index in [4.69, 9.17) is 0 Å². The molecule has 2 heterocycles. The zero-order valence-electron chi connectivity index (χ0n) is 11.0. The van der Waals surface area contributed by atoms with Crippen LogP contribution in [-0.2, 0) is 0 Å². The molecule has 1 aromatic carbocycles. The van der Waals surface area contributed by atoms with E-state index in [0.717, 1.165) is 13.1 Å². The van der Waals surface area contributed by atoms with Gasteiger partial charge in [-0.2, -0.15) is 0 Å². The molecule has 3 rings (SSSR count). The minimum Gasteiger partial charge on any atom is -0.384 e. The van der Waals surface area contributed by atoms with Crippen LogP contribution in [0.2, 0.25) is 0 Å². The molecular formula is C16H20N2. The van der Waals surface area contributed by atoms with Crippen molar-refractivity contribution in [3.63, 3.8) is 0 Å². The molecule has 1 aromatic rings.